The van der Waals surface area contributed by atoms with Crippen LogP contribution in [0.15, 0.2) is 6.20 Å². The highest BCUT2D eigenvalue weighted by atomic mass is 16.2. The number of anilines is 1. The molecule has 0 atom stereocenters. The molecule has 18 heavy (non-hydrogen) atoms. The summed E-state index contributed by atoms with van der Waals surface area (Å²) in [4.78, 5) is 14.0. The monoisotopic (exact) mass is 248 g/mol. The Kier molecular flexibility index (Phi) is 2.76. The summed E-state index contributed by atoms with van der Waals surface area (Å²) in [6.45, 7) is 3.72. The molecule has 2 heterocycles. The Morgan fingerprint density at radius 2 is 2.00 bits per heavy atom. The Bertz CT molecular complexity index is 456. The Hall–Kier alpha value is -1.52. The van der Waals surface area contributed by atoms with Crippen LogP contribution < -0.4 is 5.73 Å². The number of carbonyl (C=O) groups excluding carboxylic acids is 1. The molecule has 0 spiro atoms. The summed E-state index contributed by atoms with van der Waals surface area (Å²) >= 11 is 0. The minimum atomic E-state index is 0.337. The second kappa shape index (κ2) is 4.30. The minimum absolute atomic E-state index is 0.337. The van der Waals surface area contributed by atoms with E-state index in [2.05, 4.69) is 5.10 Å². The van der Waals surface area contributed by atoms with Crippen LogP contribution in [0.1, 0.15) is 37.4 Å². The van der Waals surface area contributed by atoms with Gasteiger partial charge in [-0.2, -0.15) is 5.10 Å². The van der Waals surface area contributed by atoms with E-state index < -0.39 is 0 Å². The molecule has 0 radical (unpaired) electrons. The van der Waals surface area contributed by atoms with Gasteiger partial charge in [0, 0.05) is 19.0 Å². The average Bonchev–Trinajstić information content (AvgIpc) is 3.18. The molecule has 5 heteroatoms. The van der Waals surface area contributed by atoms with Crippen LogP contribution in [0.5, 0.6) is 0 Å². The van der Waals surface area contributed by atoms with Gasteiger partial charge in [-0.1, -0.05) is 0 Å². The zero-order chi connectivity index (χ0) is 12.7. The van der Waals surface area contributed by atoms with Crippen molar-refractivity contribution in [3.8, 4) is 0 Å². The molecule has 1 aromatic heterocycles. The quantitative estimate of drug-likeness (QED) is 0.859. The molecule has 1 aliphatic heterocycles. The van der Waals surface area contributed by atoms with E-state index >= 15 is 0 Å². The molecule has 5 nitrogen and oxygen atoms in total. The van der Waals surface area contributed by atoms with Crippen molar-refractivity contribution in [2.24, 2.45) is 5.92 Å². The number of rotatable bonds is 2. The summed E-state index contributed by atoms with van der Waals surface area (Å²) in [5, 5.41) is 4.34. The van der Waals surface area contributed by atoms with Crippen LogP contribution in [0.4, 0.5) is 5.69 Å². The Labute approximate surface area is 107 Å². The Morgan fingerprint density at radius 3 is 2.50 bits per heavy atom. The van der Waals surface area contributed by atoms with Crippen LogP contribution in [0.3, 0.4) is 0 Å². The fourth-order valence-corrected chi connectivity index (χ4v) is 2.72. The van der Waals surface area contributed by atoms with Crippen molar-refractivity contribution >= 4 is 11.6 Å². The first kappa shape index (κ1) is 11.6. The molecule has 0 aromatic carbocycles. The van der Waals surface area contributed by atoms with Crippen LogP contribution in [0.2, 0.25) is 0 Å². The SMILES string of the molecule is Cc1c(N)cnn1C1CCN(C(=O)C2CC2)CC1. The highest BCUT2D eigenvalue weighted by Crippen LogP contribution is 2.33. The first-order valence-electron chi connectivity index (χ1n) is 6.75. The lowest BCUT2D eigenvalue weighted by Gasteiger charge is -2.32. The zero-order valence-electron chi connectivity index (χ0n) is 10.8. The molecule has 2 fully saturated rings. The average molecular weight is 248 g/mol. The predicted molar refractivity (Wildman–Crippen MR) is 69.0 cm³/mol. The molecule has 1 aromatic rings. The lowest BCUT2D eigenvalue weighted by atomic mass is 10.0. The van der Waals surface area contributed by atoms with Crippen molar-refractivity contribution in [3.63, 3.8) is 0 Å². The molecule has 2 aliphatic rings. The van der Waals surface area contributed by atoms with E-state index in [0.717, 1.165) is 50.2 Å². The normalized spacial score (nSPS) is 21.3. The van der Waals surface area contributed by atoms with Crippen LogP contribution in [-0.2, 0) is 4.79 Å². The fraction of sp³-hybridized carbons (Fsp3) is 0.692. The number of hydrogen-bond acceptors (Lipinski definition) is 3. The van der Waals surface area contributed by atoms with E-state index in [1.165, 1.54) is 0 Å². The molecule has 1 aliphatic carbocycles. The standard InChI is InChI=1S/C13H20N4O/c1-9-12(14)8-15-17(9)11-4-6-16(7-5-11)13(18)10-2-3-10/h8,10-11H,2-7,14H2,1H3. The molecular formula is C13H20N4O. The molecule has 0 bridgehead atoms. The van der Waals surface area contributed by atoms with Gasteiger partial charge in [-0.05, 0) is 32.6 Å². The number of piperidine rings is 1. The summed E-state index contributed by atoms with van der Waals surface area (Å²) in [7, 11) is 0. The highest BCUT2D eigenvalue weighted by Gasteiger charge is 2.35. The fourth-order valence-electron chi connectivity index (χ4n) is 2.72. The maximum Gasteiger partial charge on any atom is 0.225 e. The number of aromatic nitrogens is 2. The zero-order valence-corrected chi connectivity index (χ0v) is 10.8. The number of carbonyl (C=O) groups is 1. The molecule has 2 N–H and O–H groups in total. The first-order chi connectivity index (χ1) is 8.66. The van der Waals surface area contributed by atoms with Gasteiger partial charge in [0.1, 0.15) is 0 Å². The van der Waals surface area contributed by atoms with Crippen molar-refractivity contribution < 1.29 is 4.79 Å². The number of nitrogens with zero attached hydrogens (tertiary/aromatic N) is 3. The van der Waals surface area contributed by atoms with E-state index in [9.17, 15) is 4.79 Å². The minimum Gasteiger partial charge on any atom is -0.396 e. The third-order valence-corrected chi connectivity index (χ3v) is 4.13. The summed E-state index contributed by atoms with van der Waals surface area (Å²) in [5.41, 5.74) is 7.62. The van der Waals surface area contributed by atoms with E-state index in [-0.39, 0.29) is 0 Å². The van der Waals surface area contributed by atoms with E-state index in [0.29, 0.717) is 17.9 Å². The van der Waals surface area contributed by atoms with Crippen LogP contribution >= 0.6 is 0 Å². The third-order valence-electron chi connectivity index (χ3n) is 4.13. The van der Waals surface area contributed by atoms with Gasteiger partial charge in [0.25, 0.3) is 0 Å². The van der Waals surface area contributed by atoms with Gasteiger partial charge >= 0.3 is 0 Å². The molecule has 3 rings (SSSR count). The second-order valence-electron chi connectivity index (χ2n) is 5.46. The van der Waals surface area contributed by atoms with Crippen molar-refractivity contribution in [3.05, 3.63) is 11.9 Å². The Morgan fingerprint density at radius 1 is 1.33 bits per heavy atom. The number of likely N-dealkylation sites (tertiary alicyclic amines) is 1. The summed E-state index contributed by atoms with van der Waals surface area (Å²) in [6.07, 6.45) is 5.87. The summed E-state index contributed by atoms with van der Waals surface area (Å²) < 4.78 is 2.02. The summed E-state index contributed by atoms with van der Waals surface area (Å²) in [6, 6.07) is 0.394. The Balaban J connectivity index is 1.62. The van der Waals surface area contributed by atoms with Crippen LogP contribution in [-0.4, -0.2) is 33.7 Å². The van der Waals surface area contributed by atoms with Gasteiger partial charge < -0.3 is 10.6 Å². The van der Waals surface area contributed by atoms with Crippen molar-refractivity contribution in [2.75, 3.05) is 18.8 Å². The van der Waals surface area contributed by atoms with E-state index in [1.54, 1.807) is 6.20 Å². The van der Waals surface area contributed by atoms with Gasteiger partial charge in [0.2, 0.25) is 5.91 Å². The third kappa shape index (κ3) is 1.98. The van der Waals surface area contributed by atoms with E-state index in [1.807, 2.05) is 16.5 Å². The van der Waals surface area contributed by atoms with Crippen molar-refractivity contribution in [1.29, 1.82) is 0 Å². The van der Waals surface area contributed by atoms with E-state index in [4.69, 9.17) is 5.73 Å². The van der Waals surface area contributed by atoms with Crippen LogP contribution in [0, 0.1) is 12.8 Å². The number of amides is 1. The maximum absolute atomic E-state index is 12.0. The lowest BCUT2D eigenvalue weighted by molar-refractivity contribution is -0.133. The highest BCUT2D eigenvalue weighted by molar-refractivity contribution is 5.81. The molecular weight excluding hydrogens is 228 g/mol. The number of nitrogen functional groups attached to an aromatic ring is 1. The van der Waals surface area contributed by atoms with Gasteiger partial charge in [0.15, 0.2) is 0 Å². The van der Waals surface area contributed by atoms with Crippen molar-refractivity contribution in [2.45, 2.75) is 38.6 Å². The summed E-state index contributed by atoms with van der Waals surface area (Å²) in [5.74, 6) is 0.703. The molecule has 1 amide bonds. The first-order valence-corrected chi connectivity index (χ1v) is 6.75. The van der Waals surface area contributed by atoms with Gasteiger partial charge in [-0.3, -0.25) is 9.48 Å². The van der Waals surface area contributed by atoms with Crippen LogP contribution in [0.25, 0.3) is 0 Å². The molecule has 1 saturated heterocycles. The molecule has 0 unspecified atom stereocenters. The lowest BCUT2D eigenvalue weighted by Crippen LogP contribution is -2.40. The van der Waals surface area contributed by atoms with Gasteiger partial charge in [-0.15, -0.1) is 0 Å². The second-order valence-corrected chi connectivity index (χ2v) is 5.46. The molecule has 98 valence electrons. The topological polar surface area (TPSA) is 64.2 Å². The largest absolute Gasteiger partial charge is 0.396 e. The van der Waals surface area contributed by atoms with Gasteiger partial charge in [-0.25, -0.2) is 0 Å². The smallest absolute Gasteiger partial charge is 0.225 e. The predicted octanol–water partition coefficient (Wildman–Crippen LogP) is 1.35. The number of nitrogens with two attached hydrogens (primary N) is 1. The van der Waals surface area contributed by atoms with Crippen molar-refractivity contribution in [1.82, 2.24) is 14.7 Å². The number of hydrogen-bond donors (Lipinski definition) is 1. The molecule has 1 saturated carbocycles. The maximum atomic E-state index is 12.0. The van der Waals surface area contributed by atoms with Gasteiger partial charge in [0.05, 0.1) is 23.6 Å².